The summed E-state index contributed by atoms with van der Waals surface area (Å²) in [5.41, 5.74) is 1.66. The van der Waals surface area contributed by atoms with Crippen molar-refractivity contribution in [2.24, 2.45) is 0 Å². The van der Waals surface area contributed by atoms with Gasteiger partial charge in [-0.15, -0.1) is 11.3 Å². The van der Waals surface area contributed by atoms with Crippen LogP contribution in [0.2, 0.25) is 0 Å². The number of nitrogens with zero attached hydrogens (tertiary/aromatic N) is 2. The van der Waals surface area contributed by atoms with E-state index < -0.39 is 11.7 Å². The number of rotatable bonds is 4. The summed E-state index contributed by atoms with van der Waals surface area (Å²) in [7, 11) is 0. The second kappa shape index (κ2) is 7.36. The van der Waals surface area contributed by atoms with Crippen molar-refractivity contribution in [3.05, 3.63) is 81.5 Å². The monoisotopic (exact) mass is 415 g/mol. The van der Waals surface area contributed by atoms with E-state index in [1.807, 2.05) is 42.6 Å². The molecule has 2 heterocycles. The Labute approximate surface area is 168 Å². The minimum Gasteiger partial charge on any atom is -0.304 e. The van der Waals surface area contributed by atoms with E-state index in [0.717, 1.165) is 28.6 Å². The van der Waals surface area contributed by atoms with Crippen LogP contribution in [0, 0.1) is 6.92 Å². The van der Waals surface area contributed by atoms with Crippen LogP contribution in [0.25, 0.3) is 10.9 Å². The number of anilines is 1. The van der Waals surface area contributed by atoms with Gasteiger partial charge >= 0.3 is 6.18 Å². The number of carbonyl (C=O) groups excluding carboxylic acids is 1. The van der Waals surface area contributed by atoms with Crippen LogP contribution in [0.1, 0.15) is 26.4 Å². The van der Waals surface area contributed by atoms with Crippen molar-refractivity contribution >= 4 is 34.0 Å². The number of benzene rings is 2. The van der Waals surface area contributed by atoms with Crippen molar-refractivity contribution in [1.82, 2.24) is 9.78 Å². The number of para-hydroxylation sites is 1. The number of aryl methyl sites for hydroxylation is 1. The van der Waals surface area contributed by atoms with E-state index >= 15 is 0 Å². The highest BCUT2D eigenvalue weighted by Crippen LogP contribution is 2.30. The lowest BCUT2D eigenvalue weighted by atomic mass is 10.1. The van der Waals surface area contributed by atoms with Crippen LogP contribution in [0.15, 0.2) is 60.0 Å². The molecule has 29 heavy (non-hydrogen) atoms. The molecule has 0 aliphatic carbocycles. The summed E-state index contributed by atoms with van der Waals surface area (Å²) in [5.74, 6) is 0.188. The number of thiophene rings is 1. The summed E-state index contributed by atoms with van der Waals surface area (Å²) in [6.07, 6.45) is -4.37. The largest absolute Gasteiger partial charge is 0.416 e. The lowest BCUT2D eigenvalue weighted by Crippen LogP contribution is -2.12. The predicted octanol–water partition coefficient (Wildman–Crippen LogP) is 5.73. The van der Waals surface area contributed by atoms with E-state index in [1.54, 1.807) is 4.68 Å². The summed E-state index contributed by atoms with van der Waals surface area (Å²) in [6.45, 7) is 2.15. The third kappa shape index (κ3) is 3.88. The average molecular weight is 415 g/mol. The molecule has 2 aromatic carbocycles. The van der Waals surface area contributed by atoms with Crippen molar-refractivity contribution in [3.8, 4) is 0 Å². The van der Waals surface area contributed by atoms with Crippen LogP contribution in [0.3, 0.4) is 0 Å². The highest BCUT2D eigenvalue weighted by atomic mass is 32.1. The van der Waals surface area contributed by atoms with Gasteiger partial charge < -0.3 is 5.32 Å². The average Bonchev–Trinajstić information content (AvgIpc) is 3.26. The first-order valence-electron chi connectivity index (χ1n) is 8.80. The lowest BCUT2D eigenvalue weighted by Gasteiger charge is -2.08. The molecule has 2 aromatic heterocycles. The fourth-order valence-electron chi connectivity index (χ4n) is 3.08. The maximum atomic E-state index is 12.8. The molecule has 0 unspecified atom stereocenters. The number of fused-ring (bicyclic) bond motifs is 1. The highest BCUT2D eigenvalue weighted by Gasteiger charge is 2.30. The second-order valence-electron chi connectivity index (χ2n) is 6.60. The summed E-state index contributed by atoms with van der Waals surface area (Å²) in [4.78, 5) is 13.2. The minimum atomic E-state index is -4.37. The van der Waals surface area contributed by atoms with Crippen LogP contribution in [-0.4, -0.2) is 15.7 Å². The van der Waals surface area contributed by atoms with Gasteiger partial charge in [-0.1, -0.05) is 24.3 Å². The molecule has 0 saturated carbocycles. The molecular weight excluding hydrogens is 399 g/mol. The lowest BCUT2D eigenvalue weighted by molar-refractivity contribution is -0.137. The van der Waals surface area contributed by atoms with E-state index in [9.17, 15) is 18.0 Å². The zero-order chi connectivity index (χ0) is 20.6. The summed E-state index contributed by atoms with van der Waals surface area (Å²) >= 11 is 1.36. The van der Waals surface area contributed by atoms with Gasteiger partial charge in [-0.05, 0) is 53.8 Å². The fraction of sp³-hybridized carbons (Fsp3) is 0.143. The van der Waals surface area contributed by atoms with Gasteiger partial charge in [0.15, 0.2) is 5.82 Å². The molecule has 0 atom stereocenters. The van der Waals surface area contributed by atoms with Crippen molar-refractivity contribution < 1.29 is 18.0 Å². The third-order valence-electron chi connectivity index (χ3n) is 4.57. The third-order valence-corrected chi connectivity index (χ3v) is 5.59. The number of aromatic nitrogens is 2. The van der Waals surface area contributed by atoms with E-state index in [1.165, 1.54) is 23.5 Å². The molecule has 4 nitrogen and oxygen atoms in total. The maximum absolute atomic E-state index is 12.8. The molecule has 4 rings (SSSR count). The van der Waals surface area contributed by atoms with Crippen LogP contribution in [0.4, 0.5) is 19.0 Å². The van der Waals surface area contributed by atoms with Crippen molar-refractivity contribution in [1.29, 1.82) is 0 Å². The zero-order valence-corrected chi connectivity index (χ0v) is 16.1. The SMILES string of the molecule is Cc1ccsc1C(=O)Nc1nn(Cc2ccc(C(F)(F)F)cc2)c2ccccc12. The molecule has 4 aromatic rings. The molecule has 0 saturated heterocycles. The number of alkyl halides is 3. The summed E-state index contributed by atoms with van der Waals surface area (Å²) < 4.78 is 40.0. The molecule has 0 radical (unpaired) electrons. The van der Waals surface area contributed by atoms with Crippen LogP contribution >= 0.6 is 11.3 Å². The van der Waals surface area contributed by atoms with E-state index in [-0.39, 0.29) is 12.5 Å². The van der Waals surface area contributed by atoms with Gasteiger partial charge in [0.05, 0.1) is 22.5 Å². The zero-order valence-electron chi connectivity index (χ0n) is 15.3. The van der Waals surface area contributed by atoms with E-state index in [2.05, 4.69) is 10.4 Å². The molecule has 1 amide bonds. The Balaban J connectivity index is 1.64. The smallest absolute Gasteiger partial charge is 0.304 e. The first-order valence-corrected chi connectivity index (χ1v) is 9.68. The van der Waals surface area contributed by atoms with Gasteiger partial charge in [0.25, 0.3) is 5.91 Å². The number of hydrogen-bond donors (Lipinski definition) is 1. The first-order chi connectivity index (χ1) is 13.8. The molecule has 148 valence electrons. The van der Waals surface area contributed by atoms with E-state index in [4.69, 9.17) is 0 Å². The number of carbonyl (C=O) groups is 1. The van der Waals surface area contributed by atoms with E-state index in [0.29, 0.717) is 16.3 Å². The van der Waals surface area contributed by atoms with Crippen LogP contribution in [-0.2, 0) is 12.7 Å². The predicted molar refractivity (Wildman–Crippen MR) is 107 cm³/mol. The highest BCUT2D eigenvalue weighted by molar-refractivity contribution is 7.12. The molecule has 8 heteroatoms. The first kappa shape index (κ1) is 19.2. The van der Waals surface area contributed by atoms with Crippen molar-refractivity contribution in [2.45, 2.75) is 19.6 Å². The Morgan fingerprint density at radius 1 is 1.10 bits per heavy atom. The normalized spacial score (nSPS) is 11.7. The number of amides is 1. The standard InChI is InChI=1S/C21H16F3N3OS/c1-13-10-11-29-18(13)20(28)25-19-16-4-2-3-5-17(16)27(26-19)12-14-6-8-15(9-7-14)21(22,23)24/h2-11H,12H2,1H3,(H,25,26,28). The van der Waals surface area contributed by atoms with Gasteiger partial charge in [0.1, 0.15) is 0 Å². The van der Waals surface area contributed by atoms with Gasteiger partial charge in [-0.25, -0.2) is 0 Å². The molecule has 0 aliphatic rings. The molecule has 0 fully saturated rings. The molecule has 0 spiro atoms. The summed E-state index contributed by atoms with van der Waals surface area (Å²) in [6, 6.07) is 14.3. The quantitative estimate of drug-likeness (QED) is 0.463. The van der Waals surface area contributed by atoms with Gasteiger partial charge in [0, 0.05) is 5.39 Å². The molecule has 1 N–H and O–H groups in total. The Morgan fingerprint density at radius 3 is 2.48 bits per heavy atom. The van der Waals surface area contributed by atoms with Crippen LogP contribution < -0.4 is 5.32 Å². The van der Waals surface area contributed by atoms with Gasteiger partial charge in [-0.3, -0.25) is 9.48 Å². The van der Waals surface area contributed by atoms with Crippen molar-refractivity contribution in [2.75, 3.05) is 5.32 Å². The van der Waals surface area contributed by atoms with Gasteiger partial charge in [0.2, 0.25) is 0 Å². The molecule has 0 bridgehead atoms. The number of hydrogen-bond acceptors (Lipinski definition) is 3. The van der Waals surface area contributed by atoms with Crippen molar-refractivity contribution in [3.63, 3.8) is 0 Å². The number of halogens is 3. The van der Waals surface area contributed by atoms with Crippen LogP contribution in [0.5, 0.6) is 0 Å². The Morgan fingerprint density at radius 2 is 1.83 bits per heavy atom. The Kier molecular flexibility index (Phi) is 4.87. The topological polar surface area (TPSA) is 46.9 Å². The Hall–Kier alpha value is -3.13. The maximum Gasteiger partial charge on any atom is 0.416 e. The minimum absolute atomic E-state index is 0.234. The number of nitrogens with one attached hydrogen (secondary N) is 1. The fourth-order valence-corrected chi connectivity index (χ4v) is 3.90. The second-order valence-corrected chi connectivity index (χ2v) is 7.52. The Bertz CT molecular complexity index is 1180. The summed E-state index contributed by atoms with van der Waals surface area (Å²) in [5, 5.41) is 9.98. The molecule has 0 aliphatic heterocycles. The molecular formula is C21H16F3N3OS. The van der Waals surface area contributed by atoms with Gasteiger partial charge in [-0.2, -0.15) is 18.3 Å².